The van der Waals surface area contributed by atoms with Gasteiger partial charge in [0.15, 0.2) is 0 Å². The quantitative estimate of drug-likeness (QED) is 0.410. The van der Waals surface area contributed by atoms with Crippen LogP contribution in [0.4, 0.5) is 4.79 Å². The summed E-state index contributed by atoms with van der Waals surface area (Å²) in [5, 5.41) is 25.8. The first-order chi connectivity index (χ1) is 18.9. The number of methoxy groups -OCH3 is 2. The van der Waals surface area contributed by atoms with Crippen molar-refractivity contribution >= 4 is 6.03 Å². The number of benzene rings is 1. The predicted molar refractivity (Wildman–Crippen MR) is 156 cm³/mol. The third-order valence-electron chi connectivity index (χ3n) is 10.9. The van der Waals surface area contributed by atoms with Gasteiger partial charge in [-0.15, -0.1) is 0 Å². The highest BCUT2D eigenvalue weighted by Gasteiger charge is 2.62. The molecule has 7 heteroatoms. The fourth-order valence-corrected chi connectivity index (χ4v) is 8.40. The Bertz CT molecular complexity index is 1190. The highest BCUT2D eigenvalue weighted by molar-refractivity contribution is 5.74. The monoisotopic (exact) mass is 552 g/mol. The Morgan fingerprint density at radius 2 is 1.82 bits per heavy atom. The van der Waals surface area contributed by atoms with Crippen LogP contribution in [0.25, 0.3) is 0 Å². The topological polar surface area (TPSA) is 91.3 Å². The van der Waals surface area contributed by atoms with E-state index in [0.29, 0.717) is 30.4 Å². The van der Waals surface area contributed by atoms with E-state index in [4.69, 9.17) is 9.47 Å². The molecule has 1 aromatic carbocycles. The fourth-order valence-electron chi connectivity index (χ4n) is 8.40. The van der Waals surface area contributed by atoms with Crippen LogP contribution >= 0.6 is 0 Å². The zero-order valence-electron chi connectivity index (χ0n) is 25.1. The molecule has 40 heavy (non-hydrogen) atoms. The Morgan fingerprint density at radius 1 is 1.07 bits per heavy atom. The molecule has 0 bridgehead atoms. The summed E-state index contributed by atoms with van der Waals surface area (Å²) in [5.74, 6) is 2.09. The number of allylic oxidation sites excluding steroid dienone is 3. The van der Waals surface area contributed by atoms with Crippen molar-refractivity contribution in [1.82, 2.24) is 10.2 Å². The number of hydrogen-bond acceptors (Lipinski definition) is 5. The van der Waals surface area contributed by atoms with Gasteiger partial charge in [-0.3, -0.25) is 0 Å². The molecule has 1 aromatic rings. The summed E-state index contributed by atoms with van der Waals surface area (Å²) in [4.78, 5) is 15.3. The number of nitrogens with zero attached hydrogens (tertiary/aromatic N) is 1. The van der Waals surface area contributed by atoms with Gasteiger partial charge < -0.3 is 29.9 Å². The molecule has 3 fully saturated rings. The normalized spacial score (nSPS) is 34.7. The number of carbonyl (C=O) groups is 1. The molecular weight excluding hydrogens is 504 g/mol. The van der Waals surface area contributed by atoms with Gasteiger partial charge in [-0.25, -0.2) is 4.79 Å². The fraction of sp³-hybridized carbons (Fsp3) is 0.667. The Labute approximate surface area is 239 Å². The van der Waals surface area contributed by atoms with Crippen molar-refractivity contribution in [1.29, 1.82) is 0 Å². The first-order valence-corrected chi connectivity index (χ1v) is 15.0. The van der Waals surface area contributed by atoms with Gasteiger partial charge in [0.25, 0.3) is 0 Å². The first kappa shape index (κ1) is 29.0. The second-order valence-corrected chi connectivity index (χ2v) is 13.4. The minimum Gasteiger partial charge on any atom is -0.497 e. The average molecular weight is 553 g/mol. The number of hydrogen-bond donors (Lipinski definition) is 3. The number of fused-ring (bicyclic) bond motifs is 5. The molecule has 0 unspecified atom stereocenters. The van der Waals surface area contributed by atoms with Gasteiger partial charge in [0.2, 0.25) is 0 Å². The number of aliphatic hydroxyl groups is 2. The molecule has 0 spiro atoms. The average Bonchev–Trinajstić information content (AvgIpc) is 3.18. The Hall–Kier alpha value is -2.51. The molecule has 4 aliphatic rings. The van der Waals surface area contributed by atoms with Crippen molar-refractivity contribution in [3.8, 4) is 11.5 Å². The molecule has 2 amide bonds. The van der Waals surface area contributed by atoms with Crippen LogP contribution in [0.5, 0.6) is 11.5 Å². The van der Waals surface area contributed by atoms with Crippen LogP contribution in [0.3, 0.4) is 0 Å². The smallest absolute Gasteiger partial charge is 0.317 e. The second-order valence-electron chi connectivity index (χ2n) is 13.4. The number of nitrogens with one attached hydrogen (secondary N) is 1. The van der Waals surface area contributed by atoms with Gasteiger partial charge in [0.1, 0.15) is 11.5 Å². The van der Waals surface area contributed by atoms with Crippen molar-refractivity contribution in [3.05, 3.63) is 47.1 Å². The van der Waals surface area contributed by atoms with E-state index in [9.17, 15) is 15.0 Å². The van der Waals surface area contributed by atoms with E-state index in [2.05, 4.69) is 31.3 Å². The summed E-state index contributed by atoms with van der Waals surface area (Å²) >= 11 is 0. The van der Waals surface area contributed by atoms with Crippen LogP contribution < -0.4 is 14.8 Å². The molecular formula is C33H48N2O5. The van der Waals surface area contributed by atoms with Gasteiger partial charge in [-0.1, -0.05) is 37.1 Å². The number of ether oxygens (including phenoxy) is 2. The van der Waals surface area contributed by atoms with Crippen LogP contribution in [0.15, 0.2) is 41.5 Å². The number of amides is 2. The van der Waals surface area contributed by atoms with Crippen molar-refractivity contribution in [3.63, 3.8) is 0 Å². The summed E-state index contributed by atoms with van der Waals surface area (Å²) < 4.78 is 11.0. The van der Waals surface area contributed by atoms with Crippen molar-refractivity contribution in [2.24, 2.45) is 22.7 Å². The van der Waals surface area contributed by atoms with E-state index in [1.165, 1.54) is 11.1 Å². The van der Waals surface area contributed by atoms with Crippen molar-refractivity contribution < 1.29 is 24.5 Å². The van der Waals surface area contributed by atoms with Gasteiger partial charge in [0, 0.05) is 23.1 Å². The molecule has 0 radical (unpaired) electrons. The van der Waals surface area contributed by atoms with Crippen LogP contribution in [0.1, 0.15) is 78.2 Å². The number of rotatable bonds is 7. The third kappa shape index (κ3) is 4.83. The minimum absolute atomic E-state index is 0.0205. The van der Waals surface area contributed by atoms with Crippen molar-refractivity contribution in [2.45, 2.75) is 96.9 Å². The summed E-state index contributed by atoms with van der Waals surface area (Å²) in [6.45, 7) is 9.14. The molecule has 0 aromatic heterocycles. The number of aliphatic hydroxyl groups excluding tert-OH is 1. The summed E-state index contributed by atoms with van der Waals surface area (Å²) in [5.41, 5.74) is 2.49. The van der Waals surface area contributed by atoms with Crippen LogP contribution in [-0.4, -0.2) is 59.7 Å². The Morgan fingerprint density at radius 3 is 2.52 bits per heavy atom. The number of urea groups is 1. The summed E-state index contributed by atoms with van der Waals surface area (Å²) in [6, 6.07) is 5.44. The maximum absolute atomic E-state index is 13.5. The summed E-state index contributed by atoms with van der Waals surface area (Å²) in [6.07, 6.45) is 10.5. The van der Waals surface area contributed by atoms with E-state index in [1.54, 1.807) is 19.1 Å². The van der Waals surface area contributed by atoms with Gasteiger partial charge >= 0.3 is 6.03 Å². The van der Waals surface area contributed by atoms with E-state index in [1.807, 2.05) is 32.0 Å². The van der Waals surface area contributed by atoms with E-state index in [0.717, 1.165) is 44.1 Å². The molecule has 3 saturated carbocycles. The van der Waals surface area contributed by atoms with Crippen molar-refractivity contribution in [2.75, 3.05) is 20.8 Å². The maximum Gasteiger partial charge on any atom is 0.317 e. The second kappa shape index (κ2) is 10.7. The molecule has 7 nitrogen and oxygen atoms in total. The SMILES string of the molecule is COc1ccc(CN(C[C@]2(O)CC[C@H]3C4=CC=C5C[C@@H](O)CC[C@]5(C)[C@H]4CC[C@@]32C)C(=O)NC(C)C)c(OC)c1. The number of carbonyl (C=O) groups excluding carboxylic acids is 1. The van der Waals surface area contributed by atoms with E-state index < -0.39 is 5.60 Å². The Balaban J connectivity index is 1.43. The molecule has 4 aliphatic carbocycles. The molecule has 0 heterocycles. The van der Waals surface area contributed by atoms with E-state index in [-0.39, 0.29) is 41.5 Å². The predicted octanol–water partition coefficient (Wildman–Crippen LogP) is 5.60. The lowest BCUT2D eigenvalue weighted by Crippen LogP contribution is -2.57. The van der Waals surface area contributed by atoms with Crippen LogP contribution in [0, 0.1) is 22.7 Å². The third-order valence-corrected chi connectivity index (χ3v) is 10.9. The zero-order chi connectivity index (χ0) is 28.9. The summed E-state index contributed by atoms with van der Waals surface area (Å²) in [7, 11) is 3.24. The minimum atomic E-state index is -1.01. The molecule has 0 saturated heterocycles. The first-order valence-electron chi connectivity index (χ1n) is 15.0. The van der Waals surface area contributed by atoms with Gasteiger partial charge in [-0.2, -0.15) is 0 Å². The highest BCUT2D eigenvalue weighted by Crippen LogP contribution is 2.66. The molecule has 220 valence electrons. The Kier molecular flexibility index (Phi) is 7.77. The molecule has 5 rings (SSSR count). The van der Waals surface area contributed by atoms with Crippen LogP contribution in [-0.2, 0) is 6.54 Å². The van der Waals surface area contributed by atoms with Gasteiger partial charge in [0.05, 0.1) is 39.0 Å². The van der Waals surface area contributed by atoms with Gasteiger partial charge in [-0.05, 0) is 88.2 Å². The molecule has 0 aliphatic heterocycles. The molecule has 6 atom stereocenters. The lowest BCUT2D eigenvalue weighted by Gasteiger charge is -2.56. The van der Waals surface area contributed by atoms with E-state index >= 15 is 0 Å². The molecule has 3 N–H and O–H groups in total. The maximum atomic E-state index is 13.5. The largest absolute Gasteiger partial charge is 0.497 e. The van der Waals surface area contributed by atoms with Crippen LogP contribution in [0.2, 0.25) is 0 Å². The standard InChI is InChI=1S/C33H48N2O5/c1-21(2)34-30(37)35(19-22-7-9-25(39-5)18-29(22)40-6)20-33(38)16-13-28-26-10-8-23-17-24(36)11-14-31(23,3)27(26)12-15-32(28,33)4/h7-10,18,21,24,27-28,36,38H,11-17,19-20H2,1-6H3,(H,34,37)/t24-,27-,28-,31-,32-,33+/m0/s1. The lowest BCUT2D eigenvalue weighted by atomic mass is 9.50. The zero-order valence-corrected chi connectivity index (χ0v) is 25.1. The lowest BCUT2D eigenvalue weighted by molar-refractivity contribution is -0.0973. The highest BCUT2D eigenvalue weighted by atomic mass is 16.5.